The molecule has 1 atom stereocenters. The number of thioether (sulfide) groups is 1. The number of nitrogens with one attached hydrogen (secondary N) is 1. The third kappa shape index (κ3) is 3.48. The summed E-state index contributed by atoms with van der Waals surface area (Å²) in [5, 5.41) is 3.46. The molecule has 1 amide bonds. The van der Waals surface area contributed by atoms with Crippen molar-refractivity contribution in [2.75, 3.05) is 32.4 Å². The molecule has 1 aromatic heterocycles. The van der Waals surface area contributed by atoms with Gasteiger partial charge in [0.25, 0.3) is 5.56 Å². The fourth-order valence-electron chi connectivity index (χ4n) is 2.82. The molecule has 1 aliphatic heterocycles. The number of benzene rings is 1. The molecular weight excluding hydrogens is 358 g/mol. The molecule has 138 valence electrons. The summed E-state index contributed by atoms with van der Waals surface area (Å²) < 4.78 is 17.4. The second-order valence-electron chi connectivity index (χ2n) is 5.57. The number of ether oxygens (including phenoxy) is 3. The highest BCUT2D eigenvalue weighted by atomic mass is 32.2. The van der Waals surface area contributed by atoms with Gasteiger partial charge in [-0.05, 0) is 0 Å². The molecule has 0 radical (unpaired) electrons. The maximum absolute atomic E-state index is 12.5. The zero-order valence-corrected chi connectivity index (χ0v) is 15.5. The van der Waals surface area contributed by atoms with Gasteiger partial charge in [0.1, 0.15) is 0 Å². The predicted molar refractivity (Wildman–Crippen MR) is 97.6 cm³/mol. The monoisotopic (exact) mass is 377 g/mol. The molecule has 0 fully saturated rings. The number of rotatable bonds is 6. The summed E-state index contributed by atoms with van der Waals surface area (Å²) in [6.45, 7) is 0. The van der Waals surface area contributed by atoms with Crippen LogP contribution in [0, 0.1) is 0 Å². The molecule has 26 heavy (non-hydrogen) atoms. The lowest BCUT2D eigenvalue weighted by Crippen LogP contribution is -2.26. The van der Waals surface area contributed by atoms with Crippen LogP contribution in [0.25, 0.3) is 0 Å². The van der Waals surface area contributed by atoms with Crippen molar-refractivity contribution >= 4 is 23.4 Å². The minimum absolute atomic E-state index is 0.148. The first-order valence-electron chi connectivity index (χ1n) is 7.87. The first-order chi connectivity index (χ1) is 12.6. The Kier molecular flexibility index (Phi) is 5.36. The van der Waals surface area contributed by atoms with E-state index in [0.717, 1.165) is 0 Å². The second kappa shape index (κ2) is 7.69. The molecule has 2 aromatic rings. The van der Waals surface area contributed by atoms with Crippen molar-refractivity contribution in [3.8, 4) is 17.2 Å². The van der Waals surface area contributed by atoms with E-state index in [2.05, 4.69) is 10.3 Å². The Hall–Kier alpha value is -2.68. The number of methoxy groups -OCH3 is 3. The Morgan fingerprint density at radius 1 is 1.27 bits per heavy atom. The zero-order valence-electron chi connectivity index (χ0n) is 14.6. The SMILES string of the molecule is COc1cc(NC(=O)CC2CSc3nccc(=O)n32)cc(OC)c1OC. The van der Waals surface area contributed by atoms with E-state index in [0.29, 0.717) is 33.8 Å². The van der Waals surface area contributed by atoms with Gasteiger partial charge in [0.2, 0.25) is 11.7 Å². The molecule has 0 aliphatic carbocycles. The van der Waals surface area contributed by atoms with E-state index in [-0.39, 0.29) is 23.9 Å². The van der Waals surface area contributed by atoms with Gasteiger partial charge in [-0.1, -0.05) is 11.8 Å². The van der Waals surface area contributed by atoms with Crippen molar-refractivity contribution in [2.45, 2.75) is 17.6 Å². The molecule has 9 heteroatoms. The van der Waals surface area contributed by atoms with E-state index in [1.54, 1.807) is 16.7 Å². The minimum atomic E-state index is -0.224. The number of carbonyl (C=O) groups excluding carboxylic acids is 1. The molecule has 0 saturated carbocycles. The lowest BCUT2D eigenvalue weighted by atomic mass is 10.2. The van der Waals surface area contributed by atoms with Crippen LogP contribution in [0.2, 0.25) is 0 Å². The van der Waals surface area contributed by atoms with Gasteiger partial charge in [-0.2, -0.15) is 0 Å². The van der Waals surface area contributed by atoms with Crippen LogP contribution in [-0.2, 0) is 4.79 Å². The van der Waals surface area contributed by atoms with Crippen molar-refractivity contribution < 1.29 is 19.0 Å². The van der Waals surface area contributed by atoms with Gasteiger partial charge in [0.15, 0.2) is 16.7 Å². The van der Waals surface area contributed by atoms with Crippen LogP contribution < -0.4 is 25.1 Å². The summed E-state index contributed by atoms with van der Waals surface area (Å²) in [6, 6.07) is 4.49. The summed E-state index contributed by atoms with van der Waals surface area (Å²) in [7, 11) is 4.53. The lowest BCUT2D eigenvalue weighted by Gasteiger charge is -2.16. The van der Waals surface area contributed by atoms with Crippen molar-refractivity contribution in [3.63, 3.8) is 0 Å². The molecule has 1 aromatic carbocycles. The average Bonchev–Trinajstić information content (AvgIpc) is 3.04. The van der Waals surface area contributed by atoms with Crippen molar-refractivity contribution in [2.24, 2.45) is 0 Å². The number of amides is 1. The topological polar surface area (TPSA) is 91.7 Å². The van der Waals surface area contributed by atoms with Gasteiger partial charge in [-0.15, -0.1) is 0 Å². The van der Waals surface area contributed by atoms with Gasteiger partial charge < -0.3 is 19.5 Å². The minimum Gasteiger partial charge on any atom is -0.493 e. The fourth-order valence-corrected chi connectivity index (χ4v) is 3.94. The number of carbonyl (C=O) groups is 1. The molecule has 0 bridgehead atoms. The van der Waals surface area contributed by atoms with Crippen LogP contribution in [-0.4, -0.2) is 42.5 Å². The molecular formula is C17H19N3O5S. The largest absolute Gasteiger partial charge is 0.493 e. The maximum Gasteiger partial charge on any atom is 0.254 e. The number of hydrogen-bond acceptors (Lipinski definition) is 7. The normalized spacial score (nSPS) is 15.3. The summed E-state index contributed by atoms with van der Waals surface area (Å²) in [6.07, 6.45) is 1.65. The summed E-state index contributed by atoms with van der Waals surface area (Å²) in [5.41, 5.74) is 0.375. The van der Waals surface area contributed by atoms with E-state index < -0.39 is 0 Å². The van der Waals surface area contributed by atoms with Crippen LogP contribution >= 0.6 is 11.8 Å². The Morgan fingerprint density at radius 2 is 1.96 bits per heavy atom. The molecule has 3 rings (SSSR count). The van der Waals surface area contributed by atoms with Crippen molar-refractivity contribution in [1.29, 1.82) is 0 Å². The Labute approximate surface area is 154 Å². The highest BCUT2D eigenvalue weighted by molar-refractivity contribution is 7.99. The quantitative estimate of drug-likeness (QED) is 0.769. The van der Waals surface area contributed by atoms with Gasteiger partial charge in [-0.3, -0.25) is 14.2 Å². The molecule has 1 aliphatic rings. The van der Waals surface area contributed by atoms with E-state index in [4.69, 9.17) is 14.2 Å². The Morgan fingerprint density at radius 3 is 2.58 bits per heavy atom. The summed E-state index contributed by atoms with van der Waals surface area (Å²) in [5.74, 6) is 1.77. The van der Waals surface area contributed by atoms with Crippen molar-refractivity contribution in [3.05, 3.63) is 34.7 Å². The fraction of sp³-hybridized carbons (Fsp3) is 0.353. The first kappa shape index (κ1) is 18.1. The van der Waals surface area contributed by atoms with Gasteiger partial charge in [0, 0.05) is 42.3 Å². The van der Waals surface area contributed by atoms with E-state index >= 15 is 0 Å². The molecule has 1 N–H and O–H groups in total. The first-order valence-corrected chi connectivity index (χ1v) is 8.86. The third-order valence-corrected chi connectivity index (χ3v) is 5.10. The maximum atomic E-state index is 12.5. The summed E-state index contributed by atoms with van der Waals surface area (Å²) >= 11 is 1.47. The Bertz CT molecular complexity index is 858. The number of hydrogen-bond donors (Lipinski definition) is 1. The number of aromatic nitrogens is 2. The molecule has 0 spiro atoms. The molecule has 2 heterocycles. The number of anilines is 1. The van der Waals surface area contributed by atoms with E-state index in [1.807, 2.05) is 0 Å². The number of nitrogens with zero attached hydrogens (tertiary/aromatic N) is 2. The van der Waals surface area contributed by atoms with Gasteiger partial charge >= 0.3 is 0 Å². The summed E-state index contributed by atoms with van der Waals surface area (Å²) in [4.78, 5) is 28.7. The van der Waals surface area contributed by atoms with Gasteiger partial charge in [-0.25, -0.2) is 4.98 Å². The van der Waals surface area contributed by atoms with Gasteiger partial charge in [0.05, 0.1) is 27.4 Å². The van der Waals surface area contributed by atoms with Crippen LogP contribution in [0.3, 0.4) is 0 Å². The molecule has 8 nitrogen and oxygen atoms in total. The average molecular weight is 377 g/mol. The third-order valence-electron chi connectivity index (χ3n) is 3.99. The highest BCUT2D eigenvalue weighted by Gasteiger charge is 2.27. The van der Waals surface area contributed by atoms with Crippen LogP contribution in [0.5, 0.6) is 17.2 Å². The highest BCUT2D eigenvalue weighted by Crippen LogP contribution is 2.40. The van der Waals surface area contributed by atoms with Crippen LogP contribution in [0.4, 0.5) is 5.69 Å². The predicted octanol–water partition coefficient (Wildman–Crippen LogP) is 1.94. The molecule has 0 saturated heterocycles. The van der Waals surface area contributed by atoms with Crippen LogP contribution in [0.15, 0.2) is 34.3 Å². The standard InChI is InChI=1S/C17H19N3O5S/c1-23-12-6-10(7-13(24-2)16(12)25-3)19-14(21)8-11-9-26-17-18-5-4-15(22)20(11)17/h4-7,11H,8-9H2,1-3H3,(H,19,21). The number of fused-ring (bicyclic) bond motifs is 1. The van der Waals surface area contributed by atoms with Crippen molar-refractivity contribution in [1.82, 2.24) is 9.55 Å². The Balaban J connectivity index is 1.77. The molecule has 1 unspecified atom stereocenters. The second-order valence-corrected chi connectivity index (χ2v) is 6.55. The zero-order chi connectivity index (χ0) is 18.7. The lowest BCUT2D eigenvalue weighted by molar-refractivity contribution is -0.116. The van der Waals surface area contributed by atoms with E-state index in [1.165, 1.54) is 45.4 Å². The smallest absolute Gasteiger partial charge is 0.254 e. The van der Waals surface area contributed by atoms with E-state index in [9.17, 15) is 9.59 Å². The van der Waals surface area contributed by atoms with Crippen LogP contribution in [0.1, 0.15) is 12.5 Å².